The van der Waals surface area contributed by atoms with Gasteiger partial charge in [0.25, 0.3) is 5.69 Å². The summed E-state index contributed by atoms with van der Waals surface area (Å²) in [6, 6.07) is 12.7. The zero-order chi connectivity index (χ0) is 13.8. The van der Waals surface area contributed by atoms with Crippen LogP contribution in [0.1, 0.15) is 5.56 Å². The Morgan fingerprint density at radius 1 is 1.21 bits per heavy atom. The van der Waals surface area contributed by atoms with E-state index in [1.165, 1.54) is 6.07 Å². The van der Waals surface area contributed by atoms with Crippen LogP contribution >= 0.6 is 34.2 Å². The van der Waals surface area contributed by atoms with E-state index >= 15 is 0 Å². The number of hydrogen-bond donors (Lipinski definition) is 1. The minimum atomic E-state index is -0.475. The lowest BCUT2D eigenvalue weighted by Crippen LogP contribution is -2.00. The van der Waals surface area contributed by atoms with Crippen molar-refractivity contribution >= 4 is 45.6 Å². The Bertz CT molecular complexity index is 602. The summed E-state index contributed by atoms with van der Waals surface area (Å²) in [5.74, 6) is 0. The maximum atomic E-state index is 10.8. The van der Waals surface area contributed by atoms with Crippen LogP contribution in [-0.4, -0.2) is 4.92 Å². The molecular weight excluding hydrogens is 379 g/mol. The SMILES string of the molecule is O=[N+]([O-])c1cc(CNc2ccc(I)cc2)ccc1Cl. The van der Waals surface area contributed by atoms with Crippen molar-refractivity contribution in [1.82, 2.24) is 0 Å². The van der Waals surface area contributed by atoms with Crippen molar-refractivity contribution in [2.45, 2.75) is 6.54 Å². The average Bonchev–Trinajstić information content (AvgIpc) is 2.39. The third-order valence-corrected chi connectivity index (χ3v) is 3.59. The average molecular weight is 389 g/mol. The van der Waals surface area contributed by atoms with Crippen molar-refractivity contribution in [1.29, 1.82) is 0 Å². The minimum absolute atomic E-state index is 0.0661. The molecule has 0 aromatic heterocycles. The molecule has 2 aromatic carbocycles. The molecule has 0 saturated heterocycles. The number of nitrogens with zero attached hydrogens (tertiary/aromatic N) is 1. The molecule has 0 fully saturated rings. The highest BCUT2D eigenvalue weighted by Crippen LogP contribution is 2.25. The highest BCUT2D eigenvalue weighted by molar-refractivity contribution is 14.1. The minimum Gasteiger partial charge on any atom is -0.381 e. The van der Waals surface area contributed by atoms with Gasteiger partial charge in [0.15, 0.2) is 0 Å². The highest BCUT2D eigenvalue weighted by Gasteiger charge is 2.12. The number of nitro groups is 1. The molecule has 1 N–H and O–H groups in total. The van der Waals surface area contributed by atoms with E-state index in [0.29, 0.717) is 6.54 Å². The molecule has 4 nitrogen and oxygen atoms in total. The Labute approximate surface area is 129 Å². The first-order chi connectivity index (χ1) is 9.06. The number of halogens is 2. The molecule has 0 aliphatic rings. The summed E-state index contributed by atoms with van der Waals surface area (Å²) in [4.78, 5) is 10.3. The van der Waals surface area contributed by atoms with Crippen molar-refractivity contribution in [3.05, 3.63) is 66.7 Å². The number of nitro benzene ring substituents is 1. The molecule has 0 heterocycles. The summed E-state index contributed by atoms with van der Waals surface area (Å²) < 4.78 is 1.16. The second-order valence-electron chi connectivity index (χ2n) is 3.90. The number of anilines is 1. The second kappa shape index (κ2) is 6.21. The molecule has 0 aliphatic heterocycles. The first kappa shape index (κ1) is 14.1. The van der Waals surface area contributed by atoms with E-state index in [1.54, 1.807) is 12.1 Å². The van der Waals surface area contributed by atoms with Crippen LogP contribution in [0.15, 0.2) is 42.5 Å². The summed E-state index contributed by atoms with van der Waals surface area (Å²) in [6.45, 7) is 0.513. The Balaban J connectivity index is 2.09. The van der Waals surface area contributed by atoms with E-state index in [-0.39, 0.29) is 10.7 Å². The molecule has 6 heteroatoms. The van der Waals surface area contributed by atoms with Crippen LogP contribution in [0.25, 0.3) is 0 Å². The molecule has 98 valence electrons. The van der Waals surface area contributed by atoms with Gasteiger partial charge in [-0.15, -0.1) is 0 Å². The van der Waals surface area contributed by atoms with Crippen LogP contribution in [0.5, 0.6) is 0 Å². The molecule has 2 rings (SSSR count). The van der Waals surface area contributed by atoms with E-state index in [2.05, 4.69) is 27.9 Å². The van der Waals surface area contributed by atoms with E-state index < -0.39 is 4.92 Å². The molecular formula is C13H10ClIN2O2. The summed E-state index contributed by atoms with van der Waals surface area (Å²) in [5, 5.41) is 14.1. The van der Waals surface area contributed by atoms with Gasteiger partial charge in [-0.25, -0.2) is 0 Å². The Kier molecular flexibility index (Phi) is 4.60. The normalized spacial score (nSPS) is 10.2. The number of rotatable bonds is 4. The molecule has 0 bridgehead atoms. The molecule has 19 heavy (non-hydrogen) atoms. The first-order valence-electron chi connectivity index (χ1n) is 5.48. The van der Waals surface area contributed by atoms with E-state index in [9.17, 15) is 10.1 Å². The van der Waals surface area contributed by atoms with Crippen LogP contribution in [0.2, 0.25) is 5.02 Å². The predicted octanol–water partition coefficient (Wildman–Crippen LogP) is 4.46. The van der Waals surface area contributed by atoms with Crippen molar-refractivity contribution in [2.75, 3.05) is 5.32 Å². The summed E-state index contributed by atoms with van der Waals surface area (Å²) >= 11 is 8.00. The standard InChI is InChI=1S/C13H10ClIN2O2/c14-12-6-1-9(7-13(12)17(18)19)8-16-11-4-2-10(15)3-5-11/h1-7,16H,8H2. The fourth-order valence-corrected chi connectivity index (χ4v) is 2.13. The smallest absolute Gasteiger partial charge is 0.288 e. The summed E-state index contributed by atoms with van der Waals surface area (Å²) in [6.07, 6.45) is 0. The Morgan fingerprint density at radius 2 is 1.89 bits per heavy atom. The zero-order valence-electron chi connectivity index (χ0n) is 9.77. The first-order valence-corrected chi connectivity index (χ1v) is 6.94. The van der Waals surface area contributed by atoms with Crippen molar-refractivity contribution in [3.8, 4) is 0 Å². The zero-order valence-corrected chi connectivity index (χ0v) is 12.7. The molecule has 0 amide bonds. The maximum Gasteiger partial charge on any atom is 0.288 e. The van der Waals surface area contributed by atoms with Gasteiger partial charge in [-0.2, -0.15) is 0 Å². The van der Waals surface area contributed by atoms with Gasteiger partial charge in [-0.3, -0.25) is 10.1 Å². The van der Waals surface area contributed by atoms with Crippen LogP contribution in [0.4, 0.5) is 11.4 Å². The monoisotopic (exact) mass is 388 g/mol. The second-order valence-corrected chi connectivity index (χ2v) is 5.56. The molecule has 0 radical (unpaired) electrons. The van der Waals surface area contributed by atoms with Crippen molar-refractivity contribution in [2.24, 2.45) is 0 Å². The number of benzene rings is 2. The summed E-state index contributed by atoms with van der Waals surface area (Å²) in [5.41, 5.74) is 1.72. The van der Waals surface area contributed by atoms with E-state index in [1.807, 2.05) is 24.3 Å². The van der Waals surface area contributed by atoms with Gasteiger partial charge in [0.2, 0.25) is 0 Å². The Hall–Kier alpha value is -1.34. The van der Waals surface area contributed by atoms with Gasteiger partial charge >= 0.3 is 0 Å². The third-order valence-electron chi connectivity index (χ3n) is 2.55. The van der Waals surface area contributed by atoms with Gasteiger partial charge < -0.3 is 5.32 Å². The van der Waals surface area contributed by atoms with Crippen molar-refractivity contribution < 1.29 is 4.92 Å². The summed E-state index contributed by atoms with van der Waals surface area (Å²) in [7, 11) is 0. The highest BCUT2D eigenvalue weighted by atomic mass is 127. The fourth-order valence-electron chi connectivity index (χ4n) is 1.58. The van der Waals surface area contributed by atoms with Gasteiger partial charge in [0.05, 0.1) is 4.92 Å². The van der Waals surface area contributed by atoms with Gasteiger partial charge in [-0.05, 0) is 58.5 Å². The van der Waals surface area contributed by atoms with Crippen LogP contribution in [0.3, 0.4) is 0 Å². The molecule has 0 unspecified atom stereocenters. The molecule has 0 aliphatic carbocycles. The maximum absolute atomic E-state index is 10.8. The van der Waals surface area contributed by atoms with Gasteiger partial charge in [0.1, 0.15) is 5.02 Å². The lowest BCUT2D eigenvalue weighted by atomic mass is 10.2. The van der Waals surface area contributed by atoms with Gasteiger partial charge in [-0.1, -0.05) is 17.7 Å². The van der Waals surface area contributed by atoms with E-state index in [4.69, 9.17) is 11.6 Å². The third kappa shape index (κ3) is 3.81. The van der Waals surface area contributed by atoms with Crippen LogP contribution in [-0.2, 0) is 6.54 Å². The largest absolute Gasteiger partial charge is 0.381 e. The molecule has 0 spiro atoms. The topological polar surface area (TPSA) is 55.2 Å². The number of nitrogens with one attached hydrogen (secondary N) is 1. The van der Waals surface area contributed by atoms with Crippen LogP contribution < -0.4 is 5.32 Å². The number of hydrogen-bond acceptors (Lipinski definition) is 3. The van der Waals surface area contributed by atoms with Crippen LogP contribution in [0, 0.1) is 13.7 Å². The predicted molar refractivity (Wildman–Crippen MR) is 84.6 cm³/mol. The molecule has 0 atom stereocenters. The van der Waals surface area contributed by atoms with Gasteiger partial charge in [0, 0.05) is 21.9 Å². The lowest BCUT2D eigenvalue weighted by molar-refractivity contribution is -0.384. The van der Waals surface area contributed by atoms with E-state index in [0.717, 1.165) is 14.8 Å². The molecule has 0 saturated carbocycles. The quantitative estimate of drug-likeness (QED) is 0.478. The lowest BCUT2D eigenvalue weighted by Gasteiger charge is -2.07. The van der Waals surface area contributed by atoms with Crippen molar-refractivity contribution in [3.63, 3.8) is 0 Å². The Morgan fingerprint density at radius 3 is 2.53 bits per heavy atom. The molecule has 2 aromatic rings. The fraction of sp³-hybridized carbons (Fsp3) is 0.0769.